The summed E-state index contributed by atoms with van der Waals surface area (Å²) in [6.07, 6.45) is 7.38. The molecule has 0 saturated heterocycles. The Balaban J connectivity index is 1.66. The van der Waals surface area contributed by atoms with Gasteiger partial charge in [-0.2, -0.15) is 0 Å². The van der Waals surface area contributed by atoms with E-state index in [1.165, 1.54) is 49.8 Å². The van der Waals surface area contributed by atoms with Crippen molar-refractivity contribution in [1.82, 2.24) is 0 Å². The molecule has 0 radical (unpaired) electrons. The Labute approximate surface area is 190 Å². The van der Waals surface area contributed by atoms with E-state index in [1.807, 2.05) is 43.3 Å². The van der Waals surface area contributed by atoms with Crippen LogP contribution >= 0.6 is 0 Å². The van der Waals surface area contributed by atoms with Gasteiger partial charge in [-0.25, -0.2) is 8.78 Å². The van der Waals surface area contributed by atoms with Crippen molar-refractivity contribution in [1.29, 1.82) is 0 Å². The number of unbranched alkanes of at least 4 members (excludes halogenated alkanes) is 4. The molecule has 0 spiro atoms. The first-order chi connectivity index (χ1) is 15.5. The van der Waals surface area contributed by atoms with Gasteiger partial charge in [0, 0.05) is 16.7 Å². The van der Waals surface area contributed by atoms with Crippen LogP contribution in [0.25, 0.3) is 0 Å². The van der Waals surface area contributed by atoms with E-state index in [0.717, 1.165) is 17.5 Å². The smallest absolute Gasteiger partial charge is 0.143 e. The van der Waals surface area contributed by atoms with Crippen LogP contribution in [0.2, 0.25) is 0 Å². The van der Waals surface area contributed by atoms with E-state index >= 15 is 0 Å². The molecule has 32 heavy (non-hydrogen) atoms. The molecule has 0 nitrogen and oxygen atoms in total. The highest BCUT2D eigenvalue weighted by atomic mass is 19.1. The highest BCUT2D eigenvalue weighted by molar-refractivity contribution is 5.49. The molecule has 3 aromatic rings. The summed E-state index contributed by atoms with van der Waals surface area (Å²) in [6.45, 7) is 4.19. The average molecular weight is 427 g/mol. The molecular weight excluding hydrogens is 398 g/mol. The zero-order valence-corrected chi connectivity index (χ0v) is 18.8. The molecule has 0 aliphatic rings. The van der Waals surface area contributed by atoms with Gasteiger partial charge in [0.2, 0.25) is 0 Å². The number of aryl methyl sites for hydroxylation is 2. The molecule has 0 bridgehead atoms. The summed E-state index contributed by atoms with van der Waals surface area (Å²) in [6, 6.07) is 18.0. The van der Waals surface area contributed by atoms with Gasteiger partial charge >= 0.3 is 0 Å². The second-order valence-corrected chi connectivity index (χ2v) is 8.04. The van der Waals surface area contributed by atoms with E-state index in [1.54, 1.807) is 0 Å². The SMILES string of the molecule is CCCCCCCc1ccc(C#Cc2cc(F)c(C#Cc3ccc(C)cc3)c(F)c2)cc1. The minimum Gasteiger partial charge on any atom is -0.205 e. The first-order valence-electron chi connectivity index (χ1n) is 11.2. The third-order valence-electron chi connectivity index (χ3n) is 5.30. The van der Waals surface area contributed by atoms with E-state index in [4.69, 9.17) is 0 Å². The Kier molecular flexibility index (Phi) is 8.65. The highest BCUT2D eigenvalue weighted by Gasteiger charge is 2.08. The lowest BCUT2D eigenvalue weighted by Crippen LogP contribution is -1.92. The van der Waals surface area contributed by atoms with Crippen LogP contribution in [0.1, 0.15) is 72.4 Å². The Morgan fingerprint density at radius 3 is 1.78 bits per heavy atom. The van der Waals surface area contributed by atoms with Gasteiger partial charge in [-0.05, 0) is 61.7 Å². The fourth-order valence-electron chi connectivity index (χ4n) is 3.37. The summed E-state index contributed by atoms with van der Waals surface area (Å²) in [5, 5.41) is 0. The molecule has 0 fully saturated rings. The number of hydrogen-bond acceptors (Lipinski definition) is 0. The normalized spacial score (nSPS) is 10.1. The van der Waals surface area contributed by atoms with Gasteiger partial charge in [-0.3, -0.25) is 0 Å². The van der Waals surface area contributed by atoms with Crippen LogP contribution in [0.3, 0.4) is 0 Å². The Morgan fingerprint density at radius 1 is 0.625 bits per heavy atom. The van der Waals surface area contributed by atoms with Crippen molar-refractivity contribution in [3.8, 4) is 23.7 Å². The number of hydrogen-bond donors (Lipinski definition) is 0. The summed E-state index contributed by atoms with van der Waals surface area (Å²) in [5.41, 5.74) is 3.99. The van der Waals surface area contributed by atoms with Crippen LogP contribution in [0.5, 0.6) is 0 Å². The van der Waals surface area contributed by atoms with Crippen LogP contribution in [0.4, 0.5) is 8.78 Å². The van der Waals surface area contributed by atoms with Crippen molar-refractivity contribution in [2.75, 3.05) is 0 Å². The van der Waals surface area contributed by atoms with E-state index < -0.39 is 11.6 Å². The van der Waals surface area contributed by atoms with Crippen molar-refractivity contribution < 1.29 is 8.78 Å². The molecule has 0 N–H and O–H groups in total. The topological polar surface area (TPSA) is 0 Å². The van der Waals surface area contributed by atoms with Crippen molar-refractivity contribution in [3.05, 3.63) is 106 Å². The summed E-state index contributed by atoms with van der Waals surface area (Å²) in [7, 11) is 0. The minimum atomic E-state index is -0.702. The summed E-state index contributed by atoms with van der Waals surface area (Å²) < 4.78 is 28.9. The average Bonchev–Trinajstić information content (AvgIpc) is 2.79. The van der Waals surface area contributed by atoms with Crippen LogP contribution in [0.15, 0.2) is 60.7 Å². The lowest BCUT2D eigenvalue weighted by molar-refractivity contribution is 0.577. The molecule has 162 valence electrons. The van der Waals surface area contributed by atoms with Gasteiger partial charge in [-0.1, -0.05) is 86.1 Å². The number of halogens is 2. The zero-order chi connectivity index (χ0) is 22.8. The summed E-state index contributed by atoms with van der Waals surface area (Å²) in [5.74, 6) is 9.86. The summed E-state index contributed by atoms with van der Waals surface area (Å²) in [4.78, 5) is 0. The van der Waals surface area contributed by atoms with Crippen molar-refractivity contribution in [2.45, 2.75) is 52.4 Å². The molecule has 0 aromatic heterocycles. The number of benzene rings is 3. The molecule has 0 aliphatic heterocycles. The number of rotatable bonds is 6. The molecular formula is C30H28F2. The fourth-order valence-corrected chi connectivity index (χ4v) is 3.37. The lowest BCUT2D eigenvalue weighted by Gasteiger charge is -2.02. The molecule has 2 heteroatoms. The third-order valence-corrected chi connectivity index (χ3v) is 5.30. The lowest BCUT2D eigenvalue weighted by atomic mass is 10.0. The molecule has 0 saturated carbocycles. The second kappa shape index (κ2) is 11.9. The molecule has 3 aromatic carbocycles. The maximum absolute atomic E-state index is 14.4. The Hall–Kier alpha value is -3.36. The van der Waals surface area contributed by atoms with E-state index in [2.05, 4.69) is 42.7 Å². The first kappa shape index (κ1) is 23.3. The largest absolute Gasteiger partial charge is 0.205 e. The quantitative estimate of drug-likeness (QED) is 0.281. The van der Waals surface area contributed by atoms with Gasteiger partial charge in [-0.15, -0.1) is 0 Å². The standard InChI is InChI=1S/C30H28F2/c1-3-4-5-6-7-8-24-13-15-26(16-14-24)17-18-27-21-29(31)28(30(32)22-27)20-19-25-11-9-23(2)10-12-25/h9-16,21-22H,3-8H2,1-2H3. The Bertz CT molecular complexity index is 1120. The molecule has 0 heterocycles. The van der Waals surface area contributed by atoms with Crippen LogP contribution in [0, 0.1) is 42.2 Å². The highest BCUT2D eigenvalue weighted by Crippen LogP contribution is 2.15. The van der Waals surface area contributed by atoms with Gasteiger partial charge < -0.3 is 0 Å². The van der Waals surface area contributed by atoms with Gasteiger partial charge in [0.1, 0.15) is 11.6 Å². The third kappa shape index (κ3) is 7.11. The Morgan fingerprint density at radius 2 is 1.16 bits per heavy atom. The minimum absolute atomic E-state index is 0.237. The molecule has 0 atom stereocenters. The van der Waals surface area contributed by atoms with E-state index in [9.17, 15) is 8.78 Å². The molecule has 0 aliphatic carbocycles. The molecule has 0 unspecified atom stereocenters. The predicted octanol–water partition coefficient (Wildman–Crippen LogP) is 7.59. The van der Waals surface area contributed by atoms with Gasteiger partial charge in [0.15, 0.2) is 0 Å². The predicted molar refractivity (Wildman–Crippen MR) is 128 cm³/mol. The fraction of sp³-hybridized carbons (Fsp3) is 0.267. The maximum atomic E-state index is 14.4. The van der Waals surface area contributed by atoms with Crippen LogP contribution in [-0.2, 0) is 6.42 Å². The van der Waals surface area contributed by atoms with E-state index in [-0.39, 0.29) is 5.56 Å². The maximum Gasteiger partial charge on any atom is 0.143 e. The zero-order valence-electron chi connectivity index (χ0n) is 18.8. The first-order valence-corrected chi connectivity index (χ1v) is 11.2. The summed E-state index contributed by atoms with van der Waals surface area (Å²) >= 11 is 0. The van der Waals surface area contributed by atoms with Crippen molar-refractivity contribution >= 4 is 0 Å². The van der Waals surface area contributed by atoms with E-state index in [0.29, 0.717) is 11.1 Å². The molecule has 0 amide bonds. The van der Waals surface area contributed by atoms with Crippen molar-refractivity contribution in [2.24, 2.45) is 0 Å². The van der Waals surface area contributed by atoms with Crippen LogP contribution in [-0.4, -0.2) is 0 Å². The van der Waals surface area contributed by atoms with Crippen molar-refractivity contribution in [3.63, 3.8) is 0 Å². The van der Waals surface area contributed by atoms with Gasteiger partial charge in [0.25, 0.3) is 0 Å². The monoisotopic (exact) mass is 426 g/mol. The van der Waals surface area contributed by atoms with Crippen LogP contribution < -0.4 is 0 Å². The van der Waals surface area contributed by atoms with Gasteiger partial charge in [0.05, 0.1) is 5.56 Å². The molecule has 3 rings (SSSR count). The second-order valence-electron chi connectivity index (χ2n) is 8.04.